The van der Waals surface area contributed by atoms with Gasteiger partial charge in [0.15, 0.2) is 0 Å². The first-order valence-corrected chi connectivity index (χ1v) is 10.6. The number of ether oxygens (including phenoxy) is 1. The van der Waals surface area contributed by atoms with Crippen LogP contribution in [0.1, 0.15) is 44.2 Å². The Morgan fingerprint density at radius 2 is 1.84 bits per heavy atom. The van der Waals surface area contributed by atoms with Gasteiger partial charge in [-0.05, 0) is 49.2 Å². The second-order valence-electron chi connectivity index (χ2n) is 8.04. The Balaban J connectivity index is 1.55. The van der Waals surface area contributed by atoms with Crippen molar-refractivity contribution in [3.8, 4) is 5.75 Å². The summed E-state index contributed by atoms with van der Waals surface area (Å²) in [4.78, 5) is 26.9. The molecule has 164 valence electrons. The fourth-order valence-corrected chi connectivity index (χ4v) is 4.23. The molecule has 2 N–H and O–H groups in total. The molecule has 1 fully saturated rings. The molecule has 0 spiro atoms. The number of rotatable bonds is 6. The molecule has 4 rings (SSSR count). The van der Waals surface area contributed by atoms with Gasteiger partial charge in [0.2, 0.25) is 0 Å². The van der Waals surface area contributed by atoms with Crippen molar-refractivity contribution >= 4 is 23.3 Å². The van der Waals surface area contributed by atoms with Crippen molar-refractivity contribution in [1.82, 2.24) is 0 Å². The van der Waals surface area contributed by atoms with Crippen LogP contribution in [0.2, 0.25) is 0 Å². The second kappa shape index (κ2) is 9.14. The maximum absolute atomic E-state index is 12.7. The molecule has 32 heavy (non-hydrogen) atoms. The molecule has 3 aromatic carbocycles. The van der Waals surface area contributed by atoms with Gasteiger partial charge < -0.3 is 20.1 Å². The number of aromatic carboxylic acids is 1. The topological polar surface area (TPSA) is 78.9 Å². The molecule has 3 aromatic rings. The fraction of sp³-hybridized carbons (Fsp3) is 0.231. The summed E-state index contributed by atoms with van der Waals surface area (Å²) in [6, 6.07) is 20.5. The summed E-state index contributed by atoms with van der Waals surface area (Å²) < 4.78 is 5.24. The third-order valence-electron chi connectivity index (χ3n) is 5.90. The van der Waals surface area contributed by atoms with Crippen LogP contribution in [0.25, 0.3) is 0 Å². The molecule has 0 aliphatic carbocycles. The van der Waals surface area contributed by atoms with Crippen molar-refractivity contribution in [2.75, 3.05) is 30.4 Å². The van der Waals surface area contributed by atoms with Crippen molar-refractivity contribution in [3.63, 3.8) is 0 Å². The number of methoxy groups -OCH3 is 1. The van der Waals surface area contributed by atoms with E-state index in [1.165, 1.54) is 18.2 Å². The lowest BCUT2D eigenvalue weighted by Crippen LogP contribution is -2.20. The Morgan fingerprint density at radius 3 is 2.59 bits per heavy atom. The number of hydrogen-bond acceptors (Lipinski definition) is 4. The van der Waals surface area contributed by atoms with Crippen LogP contribution in [0, 0.1) is 6.92 Å². The van der Waals surface area contributed by atoms with Gasteiger partial charge in [-0.15, -0.1) is 0 Å². The first-order chi connectivity index (χ1) is 15.5. The van der Waals surface area contributed by atoms with Crippen LogP contribution in [-0.4, -0.2) is 37.2 Å². The summed E-state index contributed by atoms with van der Waals surface area (Å²) in [5, 5.41) is 12.5. The van der Waals surface area contributed by atoms with Gasteiger partial charge in [-0.25, -0.2) is 4.79 Å². The Kier molecular flexibility index (Phi) is 6.12. The van der Waals surface area contributed by atoms with Gasteiger partial charge in [-0.3, -0.25) is 4.79 Å². The molecule has 1 saturated heterocycles. The first-order valence-electron chi connectivity index (χ1n) is 10.6. The minimum absolute atomic E-state index is 0.0600. The number of hydrogen-bond donors (Lipinski definition) is 2. The molecule has 1 unspecified atom stereocenters. The number of para-hydroxylation sites is 1. The summed E-state index contributed by atoms with van der Waals surface area (Å²) in [5.41, 5.74) is 4.05. The van der Waals surface area contributed by atoms with E-state index in [1.807, 2.05) is 6.07 Å². The van der Waals surface area contributed by atoms with Gasteiger partial charge in [0.1, 0.15) is 5.75 Å². The standard InChI is InChI=1S/C26H26N2O4/c1-17-6-5-7-18(14-17)19-12-13-28(16-19)20-10-11-23(22(15-20)26(30)31)27-25(29)21-8-3-4-9-24(21)32-2/h3-11,14-15,19H,12-13,16H2,1-2H3,(H,27,29)(H,30,31). The first kappa shape index (κ1) is 21.4. The van der Waals surface area contributed by atoms with E-state index in [9.17, 15) is 14.7 Å². The number of carbonyl (C=O) groups excluding carboxylic acids is 1. The SMILES string of the molecule is COc1ccccc1C(=O)Nc1ccc(N2CCC(c3cccc(C)c3)C2)cc1C(=O)O. The number of aryl methyl sites for hydroxylation is 1. The molecular weight excluding hydrogens is 404 g/mol. The summed E-state index contributed by atoms with van der Waals surface area (Å²) in [5.74, 6) is -0.666. The third kappa shape index (κ3) is 4.44. The van der Waals surface area contributed by atoms with Crippen molar-refractivity contribution in [3.05, 3.63) is 89.0 Å². The average molecular weight is 431 g/mol. The smallest absolute Gasteiger partial charge is 0.337 e. The highest BCUT2D eigenvalue weighted by atomic mass is 16.5. The van der Waals surface area contributed by atoms with Crippen LogP contribution < -0.4 is 15.0 Å². The van der Waals surface area contributed by atoms with E-state index in [-0.39, 0.29) is 11.3 Å². The van der Waals surface area contributed by atoms with E-state index in [2.05, 4.69) is 41.4 Å². The molecule has 1 atom stereocenters. The molecule has 0 aromatic heterocycles. The highest BCUT2D eigenvalue weighted by molar-refractivity contribution is 6.09. The summed E-state index contributed by atoms with van der Waals surface area (Å²) in [6.45, 7) is 3.77. The minimum atomic E-state index is -1.09. The molecule has 0 bridgehead atoms. The van der Waals surface area contributed by atoms with Gasteiger partial charge in [-0.1, -0.05) is 42.0 Å². The van der Waals surface area contributed by atoms with Crippen molar-refractivity contribution in [1.29, 1.82) is 0 Å². The van der Waals surface area contributed by atoms with Gasteiger partial charge in [0.05, 0.1) is 23.9 Å². The van der Waals surface area contributed by atoms with Crippen LogP contribution in [0.15, 0.2) is 66.7 Å². The molecular formula is C26H26N2O4. The van der Waals surface area contributed by atoms with Crippen LogP contribution in [0.3, 0.4) is 0 Å². The zero-order valence-electron chi connectivity index (χ0n) is 18.2. The number of nitrogens with one attached hydrogen (secondary N) is 1. The Bertz CT molecular complexity index is 1160. The molecule has 0 saturated carbocycles. The zero-order chi connectivity index (χ0) is 22.7. The second-order valence-corrected chi connectivity index (χ2v) is 8.04. The molecule has 0 radical (unpaired) electrons. The van der Waals surface area contributed by atoms with Gasteiger partial charge in [0, 0.05) is 24.7 Å². The quantitative estimate of drug-likeness (QED) is 0.579. The number of amides is 1. The Morgan fingerprint density at radius 1 is 1.03 bits per heavy atom. The highest BCUT2D eigenvalue weighted by Crippen LogP contribution is 2.33. The van der Waals surface area contributed by atoms with Gasteiger partial charge >= 0.3 is 5.97 Å². The molecule has 1 amide bonds. The molecule has 6 heteroatoms. The highest BCUT2D eigenvalue weighted by Gasteiger charge is 2.25. The summed E-state index contributed by atoms with van der Waals surface area (Å²) in [6.07, 6.45) is 1.01. The minimum Gasteiger partial charge on any atom is -0.496 e. The predicted molar refractivity (Wildman–Crippen MR) is 125 cm³/mol. The predicted octanol–water partition coefficient (Wildman–Crippen LogP) is 4.95. The van der Waals surface area contributed by atoms with E-state index in [4.69, 9.17) is 4.74 Å². The monoisotopic (exact) mass is 430 g/mol. The molecule has 1 heterocycles. The number of carboxylic acid groups (broad SMARTS) is 1. The maximum atomic E-state index is 12.7. The van der Waals surface area contributed by atoms with Crippen LogP contribution in [0.4, 0.5) is 11.4 Å². The number of carboxylic acids is 1. The van der Waals surface area contributed by atoms with Crippen LogP contribution >= 0.6 is 0 Å². The maximum Gasteiger partial charge on any atom is 0.337 e. The van der Waals surface area contributed by atoms with Crippen molar-refractivity contribution < 1.29 is 19.4 Å². The normalized spacial score (nSPS) is 15.4. The van der Waals surface area contributed by atoms with E-state index in [1.54, 1.807) is 36.4 Å². The largest absolute Gasteiger partial charge is 0.496 e. The molecule has 1 aliphatic rings. The Labute approximate surface area is 187 Å². The number of benzene rings is 3. The lowest BCUT2D eigenvalue weighted by Gasteiger charge is -2.21. The van der Waals surface area contributed by atoms with E-state index >= 15 is 0 Å². The summed E-state index contributed by atoms with van der Waals surface area (Å²) >= 11 is 0. The molecule has 1 aliphatic heterocycles. The van der Waals surface area contributed by atoms with E-state index < -0.39 is 11.9 Å². The molecule has 6 nitrogen and oxygen atoms in total. The fourth-order valence-electron chi connectivity index (χ4n) is 4.23. The Hall–Kier alpha value is -3.80. The zero-order valence-corrected chi connectivity index (χ0v) is 18.2. The summed E-state index contributed by atoms with van der Waals surface area (Å²) in [7, 11) is 1.49. The van der Waals surface area contributed by atoms with Gasteiger partial charge in [-0.2, -0.15) is 0 Å². The van der Waals surface area contributed by atoms with E-state index in [0.29, 0.717) is 17.2 Å². The van der Waals surface area contributed by atoms with Crippen molar-refractivity contribution in [2.24, 2.45) is 0 Å². The number of nitrogens with zero attached hydrogens (tertiary/aromatic N) is 1. The van der Waals surface area contributed by atoms with Crippen molar-refractivity contribution in [2.45, 2.75) is 19.3 Å². The lowest BCUT2D eigenvalue weighted by molar-refractivity contribution is 0.0698. The van der Waals surface area contributed by atoms with Crippen LogP contribution in [-0.2, 0) is 0 Å². The number of carbonyl (C=O) groups is 2. The van der Waals surface area contributed by atoms with Gasteiger partial charge in [0.25, 0.3) is 5.91 Å². The number of anilines is 2. The van der Waals surface area contributed by atoms with Crippen LogP contribution in [0.5, 0.6) is 5.75 Å². The lowest BCUT2D eigenvalue weighted by atomic mass is 9.97. The van der Waals surface area contributed by atoms with E-state index in [0.717, 1.165) is 25.2 Å². The third-order valence-corrected chi connectivity index (χ3v) is 5.90. The average Bonchev–Trinajstić information content (AvgIpc) is 3.29.